The summed E-state index contributed by atoms with van der Waals surface area (Å²) in [5, 5.41) is 8.97. The topological polar surface area (TPSA) is 95.0 Å². The standard InChI is InChI=1S/C18H17ClN2O5S/c19-13-4-2-1-3-12(13)9-14-16(23)21(18(26)27-14)10-15(22)20-7-5-11(6-8-20)17(24)25/h1-4,9,11H,5-8,10H2,(H,24,25). The number of hydrogen-bond donors (Lipinski definition) is 1. The Morgan fingerprint density at radius 3 is 2.52 bits per heavy atom. The number of halogens is 1. The Labute approximate surface area is 164 Å². The van der Waals surface area contributed by atoms with Crippen LogP contribution < -0.4 is 0 Å². The predicted octanol–water partition coefficient (Wildman–Crippen LogP) is 2.70. The number of rotatable bonds is 4. The van der Waals surface area contributed by atoms with Crippen LogP contribution in [-0.2, 0) is 14.4 Å². The first kappa shape index (κ1) is 19.4. The number of nitrogens with zero attached hydrogens (tertiary/aromatic N) is 2. The molecule has 1 aromatic carbocycles. The maximum atomic E-state index is 12.5. The molecule has 0 bridgehead atoms. The molecular weight excluding hydrogens is 392 g/mol. The molecule has 0 unspecified atom stereocenters. The number of likely N-dealkylation sites (tertiary alicyclic amines) is 1. The molecule has 0 atom stereocenters. The van der Waals surface area contributed by atoms with Crippen molar-refractivity contribution in [1.82, 2.24) is 9.80 Å². The number of hydrogen-bond acceptors (Lipinski definition) is 5. The second kappa shape index (κ2) is 8.14. The summed E-state index contributed by atoms with van der Waals surface area (Å²) in [4.78, 5) is 50.7. The largest absolute Gasteiger partial charge is 0.481 e. The minimum Gasteiger partial charge on any atom is -0.481 e. The molecule has 2 saturated heterocycles. The van der Waals surface area contributed by atoms with Crippen molar-refractivity contribution < 1.29 is 24.3 Å². The summed E-state index contributed by atoms with van der Waals surface area (Å²) in [7, 11) is 0. The molecule has 0 spiro atoms. The Kier molecular flexibility index (Phi) is 5.86. The third-order valence-corrected chi connectivity index (χ3v) is 5.81. The van der Waals surface area contributed by atoms with Crippen LogP contribution in [0.3, 0.4) is 0 Å². The number of thioether (sulfide) groups is 1. The van der Waals surface area contributed by atoms with Gasteiger partial charge in [0.05, 0.1) is 10.8 Å². The zero-order chi connectivity index (χ0) is 19.6. The van der Waals surface area contributed by atoms with E-state index in [2.05, 4.69) is 0 Å². The number of imide groups is 1. The van der Waals surface area contributed by atoms with Crippen LogP contribution in [0.4, 0.5) is 4.79 Å². The van der Waals surface area contributed by atoms with Gasteiger partial charge in [0, 0.05) is 18.1 Å². The Bertz CT molecular complexity index is 833. The molecule has 3 amide bonds. The van der Waals surface area contributed by atoms with Crippen molar-refractivity contribution in [2.75, 3.05) is 19.6 Å². The molecule has 2 aliphatic heterocycles. The molecule has 27 heavy (non-hydrogen) atoms. The monoisotopic (exact) mass is 408 g/mol. The molecule has 0 radical (unpaired) electrons. The van der Waals surface area contributed by atoms with Gasteiger partial charge in [0.2, 0.25) is 5.91 Å². The van der Waals surface area contributed by atoms with Crippen LogP contribution in [-0.4, -0.2) is 57.6 Å². The lowest BCUT2D eigenvalue weighted by molar-refractivity contribution is -0.146. The quantitative estimate of drug-likeness (QED) is 0.769. The SMILES string of the molecule is O=C(O)C1CCN(C(=O)CN2C(=O)SC(=Cc3ccccc3Cl)C2=O)CC1. The Balaban J connectivity index is 1.65. The van der Waals surface area contributed by atoms with E-state index in [4.69, 9.17) is 16.7 Å². The highest BCUT2D eigenvalue weighted by atomic mass is 35.5. The van der Waals surface area contributed by atoms with Gasteiger partial charge >= 0.3 is 5.97 Å². The number of piperidine rings is 1. The minimum absolute atomic E-state index is 0.213. The summed E-state index contributed by atoms with van der Waals surface area (Å²) in [6.07, 6.45) is 2.28. The van der Waals surface area contributed by atoms with E-state index in [1.807, 2.05) is 0 Å². The van der Waals surface area contributed by atoms with E-state index in [0.717, 1.165) is 16.7 Å². The molecule has 9 heteroatoms. The van der Waals surface area contributed by atoms with E-state index < -0.39 is 23.0 Å². The van der Waals surface area contributed by atoms with E-state index in [1.54, 1.807) is 24.3 Å². The average Bonchev–Trinajstić information content (AvgIpc) is 2.91. The first-order chi connectivity index (χ1) is 12.9. The van der Waals surface area contributed by atoms with Crippen molar-refractivity contribution in [3.05, 3.63) is 39.8 Å². The second-order valence-corrected chi connectivity index (χ2v) is 7.68. The van der Waals surface area contributed by atoms with Crippen molar-refractivity contribution in [2.45, 2.75) is 12.8 Å². The second-order valence-electron chi connectivity index (χ2n) is 6.28. The molecule has 1 N–H and O–H groups in total. The highest BCUT2D eigenvalue weighted by Gasteiger charge is 2.38. The number of aliphatic carboxylic acids is 1. The zero-order valence-electron chi connectivity index (χ0n) is 14.3. The number of benzene rings is 1. The van der Waals surface area contributed by atoms with Gasteiger partial charge in [0.15, 0.2) is 0 Å². The van der Waals surface area contributed by atoms with E-state index in [-0.39, 0.29) is 17.4 Å². The normalized spacial score (nSPS) is 19.8. The van der Waals surface area contributed by atoms with Gasteiger partial charge in [-0.25, -0.2) is 0 Å². The summed E-state index contributed by atoms with van der Waals surface area (Å²) in [6.45, 7) is 0.269. The van der Waals surface area contributed by atoms with Crippen LogP contribution >= 0.6 is 23.4 Å². The molecule has 0 saturated carbocycles. The van der Waals surface area contributed by atoms with E-state index in [0.29, 0.717) is 36.5 Å². The molecule has 1 aromatic rings. The van der Waals surface area contributed by atoms with Crippen molar-refractivity contribution in [3.63, 3.8) is 0 Å². The molecule has 2 aliphatic rings. The molecule has 2 heterocycles. The number of carbonyl (C=O) groups excluding carboxylic acids is 3. The molecule has 7 nitrogen and oxygen atoms in total. The fourth-order valence-corrected chi connectivity index (χ4v) is 4.00. The van der Waals surface area contributed by atoms with Gasteiger partial charge in [-0.3, -0.25) is 24.1 Å². The molecule has 142 valence electrons. The van der Waals surface area contributed by atoms with Crippen LogP contribution in [0.5, 0.6) is 0 Å². The molecular formula is C18H17ClN2O5S. The molecule has 0 aliphatic carbocycles. The minimum atomic E-state index is -0.863. The summed E-state index contributed by atoms with van der Waals surface area (Å²) in [6, 6.07) is 6.94. The summed E-state index contributed by atoms with van der Waals surface area (Å²) < 4.78 is 0. The maximum absolute atomic E-state index is 12.5. The van der Waals surface area contributed by atoms with Crippen LogP contribution in [0, 0.1) is 5.92 Å². The lowest BCUT2D eigenvalue weighted by Gasteiger charge is -2.30. The average molecular weight is 409 g/mol. The Hall–Kier alpha value is -2.32. The third-order valence-electron chi connectivity index (χ3n) is 4.56. The Morgan fingerprint density at radius 2 is 1.89 bits per heavy atom. The number of amides is 3. The van der Waals surface area contributed by atoms with Crippen LogP contribution in [0.15, 0.2) is 29.2 Å². The van der Waals surface area contributed by atoms with Crippen molar-refractivity contribution >= 4 is 52.5 Å². The van der Waals surface area contributed by atoms with Crippen LogP contribution in [0.25, 0.3) is 6.08 Å². The maximum Gasteiger partial charge on any atom is 0.306 e. The lowest BCUT2D eigenvalue weighted by atomic mass is 9.97. The summed E-state index contributed by atoms with van der Waals surface area (Å²) in [5.41, 5.74) is 0.617. The van der Waals surface area contributed by atoms with Gasteiger partial charge < -0.3 is 10.0 Å². The predicted molar refractivity (Wildman–Crippen MR) is 101 cm³/mol. The summed E-state index contributed by atoms with van der Waals surface area (Å²) >= 11 is 6.85. The van der Waals surface area contributed by atoms with Crippen molar-refractivity contribution in [3.8, 4) is 0 Å². The van der Waals surface area contributed by atoms with Gasteiger partial charge in [-0.1, -0.05) is 29.8 Å². The third kappa shape index (κ3) is 4.33. The molecule has 2 fully saturated rings. The number of carboxylic acids is 1. The molecule has 3 rings (SSSR count). The van der Waals surface area contributed by atoms with E-state index in [9.17, 15) is 19.2 Å². The lowest BCUT2D eigenvalue weighted by Crippen LogP contribution is -2.46. The van der Waals surface area contributed by atoms with Crippen LogP contribution in [0.1, 0.15) is 18.4 Å². The number of carboxylic acid groups (broad SMARTS) is 1. The highest BCUT2D eigenvalue weighted by molar-refractivity contribution is 8.18. The van der Waals surface area contributed by atoms with Crippen molar-refractivity contribution in [2.24, 2.45) is 5.92 Å². The fourth-order valence-electron chi connectivity index (χ4n) is 2.98. The zero-order valence-corrected chi connectivity index (χ0v) is 15.8. The van der Waals surface area contributed by atoms with E-state index >= 15 is 0 Å². The fraction of sp³-hybridized carbons (Fsp3) is 0.333. The van der Waals surface area contributed by atoms with E-state index in [1.165, 1.54) is 11.0 Å². The number of carbonyl (C=O) groups is 4. The van der Waals surface area contributed by atoms with Gasteiger partial charge in [0.25, 0.3) is 11.1 Å². The van der Waals surface area contributed by atoms with Crippen molar-refractivity contribution in [1.29, 1.82) is 0 Å². The molecule has 0 aromatic heterocycles. The van der Waals surface area contributed by atoms with Gasteiger partial charge in [-0.2, -0.15) is 0 Å². The van der Waals surface area contributed by atoms with Crippen LogP contribution in [0.2, 0.25) is 5.02 Å². The smallest absolute Gasteiger partial charge is 0.306 e. The highest BCUT2D eigenvalue weighted by Crippen LogP contribution is 2.33. The first-order valence-electron chi connectivity index (χ1n) is 8.37. The van der Waals surface area contributed by atoms with Gasteiger partial charge in [0.1, 0.15) is 6.54 Å². The first-order valence-corrected chi connectivity index (χ1v) is 9.56. The Morgan fingerprint density at radius 1 is 1.22 bits per heavy atom. The summed E-state index contributed by atoms with van der Waals surface area (Å²) in [5.74, 6) is -2.21. The van der Waals surface area contributed by atoms with Gasteiger partial charge in [-0.15, -0.1) is 0 Å². The van der Waals surface area contributed by atoms with Gasteiger partial charge in [-0.05, 0) is 42.3 Å².